The van der Waals surface area contributed by atoms with Crippen molar-refractivity contribution in [3.63, 3.8) is 0 Å². The lowest BCUT2D eigenvalue weighted by Crippen LogP contribution is -2.49. The number of alkyl halides is 3. The summed E-state index contributed by atoms with van der Waals surface area (Å²) in [6.07, 6.45) is -0.537. The predicted molar refractivity (Wildman–Crippen MR) is 139 cm³/mol. The number of piperazine rings is 1. The van der Waals surface area contributed by atoms with Gasteiger partial charge in [-0.1, -0.05) is 12.1 Å². The number of amides is 1. The van der Waals surface area contributed by atoms with Gasteiger partial charge in [0.2, 0.25) is 5.95 Å². The number of nitrogens with one attached hydrogen (secondary N) is 1. The van der Waals surface area contributed by atoms with Crippen molar-refractivity contribution in [2.45, 2.75) is 31.4 Å². The molecule has 4 aromatic rings. The van der Waals surface area contributed by atoms with Gasteiger partial charge in [-0.05, 0) is 54.2 Å². The Kier molecular flexibility index (Phi) is 6.47. The van der Waals surface area contributed by atoms with Gasteiger partial charge in [-0.3, -0.25) is 9.59 Å². The summed E-state index contributed by atoms with van der Waals surface area (Å²) in [6, 6.07) is 10.1. The number of rotatable bonds is 5. The van der Waals surface area contributed by atoms with Crippen LogP contribution in [-0.2, 0) is 12.6 Å². The highest BCUT2D eigenvalue weighted by atomic mass is 19.4. The fraction of sp³-hybridized carbons (Fsp3) is 0.321. The summed E-state index contributed by atoms with van der Waals surface area (Å²) in [6.45, 7) is 1.02. The van der Waals surface area contributed by atoms with E-state index in [1.165, 1.54) is 17.0 Å². The van der Waals surface area contributed by atoms with Gasteiger partial charge in [-0.25, -0.2) is 19.5 Å². The van der Waals surface area contributed by atoms with E-state index < -0.39 is 23.5 Å². The van der Waals surface area contributed by atoms with E-state index in [1.807, 2.05) is 18.2 Å². The van der Waals surface area contributed by atoms with Gasteiger partial charge in [0, 0.05) is 50.4 Å². The van der Waals surface area contributed by atoms with Crippen molar-refractivity contribution in [2.75, 3.05) is 31.1 Å². The van der Waals surface area contributed by atoms with Gasteiger partial charge in [-0.2, -0.15) is 18.3 Å². The number of H-pyrrole nitrogens is 1. The zero-order valence-corrected chi connectivity index (χ0v) is 21.2. The van der Waals surface area contributed by atoms with Gasteiger partial charge in [0.1, 0.15) is 5.82 Å². The van der Waals surface area contributed by atoms with Crippen molar-refractivity contribution in [3.05, 3.63) is 92.9 Å². The van der Waals surface area contributed by atoms with Crippen LogP contribution < -0.4 is 10.5 Å². The fourth-order valence-electron chi connectivity index (χ4n) is 4.99. The van der Waals surface area contributed by atoms with Gasteiger partial charge in [0.15, 0.2) is 0 Å². The molecule has 2 aromatic heterocycles. The lowest BCUT2D eigenvalue weighted by atomic mass is 9.99. The second kappa shape index (κ2) is 10.00. The summed E-state index contributed by atoms with van der Waals surface area (Å²) in [5.74, 6) is -0.503. The first-order valence-electron chi connectivity index (χ1n) is 12.9. The van der Waals surface area contributed by atoms with Crippen LogP contribution in [0, 0.1) is 5.82 Å². The Labute approximate surface area is 225 Å². The normalized spacial score (nSPS) is 16.0. The second-order valence-electron chi connectivity index (χ2n) is 10.1. The first-order valence-corrected chi connectivity index (χ1v) is 12.9. The number of nitrogens with zero attached hydrogens (tertiary/aromatic N) is 5. The molecule has 8 nitrogen and oxygen atoms in total. The van der Waals surface area contributed by atoms with Crippen LogP contribution in [0.2, 0.25) is 0 Å². The quantitative estimate of drug-likeness (QED) is 0.371. The van der Waals surface area contributed by atoms with Gasteiger partial charge < -0.3 is 9.80 Å². The molecule has 12 heteroatoms. The predicted octanol–water partition coefficient (Wildman–Crippen LogP) is 4.30. The molecule has 1 aliphatic heterocycles. The largest absolute Gasteiger partial charge is 0.419 e. The maximum atomic E-state index is 14.8. The molecule has 0 atom stereocenters. The Balaban J connectivity index is 1.18. The van der Waals surface area contributed by atoms with Crippen LogP contribution in [0.15, 0.2) is 53.6 Å². The van der Waals surface area contributed by atoms with Crippen molar-refractivity contribution < 1.29 is 22.4 Å². The Hall–Kier alpha value is -4.35. The van der Waals surface area contributed by atoms with Crippen LogP contribution >= 0.6 is 0 Å². The third-order valence-electron chi connectivity index (χ3n) is 7.39. The number of carbonyl (C=O) groups is 1. The maximum absolute atomic E-state index is 14.8. The van der Waals surface area contributed by atoms with E-state index in [-0.39, 0.29) is 43.3 Å². The minimum atomic E-state index is -4.53. The number of aromatic amines is 1. The van der Waals surface area contributed by atoms with E-state index in [2.05, 4.69) is 20.2 Å². The maximum Gasteiger partial charge on any atom is 0.419 e. The molecule has 0 bridgehead atoms. The summed E-state index contributed by atoms with van der Waals surface area (Å²) in [4.78, 5) is 36.4. The Morgan fingerprint density at radius 2 is 1.70 bits per heavy atom. The topological polar surface area (TPSA) is 95.1 Å². The molecule has 2 aliphatic rings. The molecule has 0 radical (unpaired) electrons. The molecule has 2 aromatic carbocycles. The Bertz CT molecular complexity index is 1640. The molecule has 1 saturated carbocycles. The zero-order chi connectivity index (χ0) is 28.0. The van der Waals surface area contributed by atoms with Crippen molar-refractivity contribution >= 4 is 22.6 Å². The van der Waals surface area contributed by atoms with E-state index >= 15 is 0 Å². The number of hydrogen-bond acceptors (Lipinski definition) is 6. The standard InChI is InChI=1S/C28H24F4N6O2/c29-23-6-1-16(12-24-21-13-18(17-2-3-17)4-5-20(21)25(39)36-35-24)11-22(23)26(40)37-7-9-38(10-8-37)27-33-14-19(15-34-27)28(30,31)32/h1,4-6,11,13-15,17H,2-3,7-10,12H2,(H,36,39). The number of carbonyl (C=O) groups excluding carboxylic acids is 1. The minimum absolute atomic E-state index is 0.0795. The average Bonchev–Trinajstić information content (AvgIpc) is 3.81. The third kappa shape index (κ3) is 5.13. The lowest BCUT2D eigenvalue weighted by Gasteiger charge is -2.34. The molecule has 0 unspecified atom stereocenters. The Morgan fingerprint density at radius 3 is 2.38 bits per heavy atom. The molecule has 1 N–H and O–H groups in total. The highest BCUT2D eigenvalue weighted by molar-refractivity contribution is 5.95. The van der Waals surface area contributed by atoms with Gasteiger partial charge >= 0.3 is 6.18 Å². The lowest BCUT2D eigenvalue weighted by molar-refractivity contribution is -0.138. The summed E-state index contributed by atoms with van der Waals surface area (Å²) >= 11 is 0. The van der Waals surface area contributed by atoms with Crippen LogP contribution in [0.25, 0.3) is 10.8 Å². The molecule has 206 valence electrons. The van der Waals surface area contributed by atoms with Crippen molar-refractivity contribution in [1.82, 2.24) is 25.1 Å². The number of aromatic nitrogens is 4. The molecule has 1 aliphatic carbocycles. The minimum Gasteiger partial charge on any atom is -0.337 e. The molecule has 2 fully saturated rings. The number of halogens is 4. The van der Waals surface area contributed by atoms with Crippen molar-refractivity contribution in [1.29, 1.82) is 0 Å². The summed E-state index contributed by atoms with van der Waals surface area (Å²) < 4.78 is 53.2. The summed E-state index contributed by atoms with van der Waals surface area (Å²) in [7, 11) is 0. The van der Waals surface area contributed by atoms with E-state index in [0.29, 0.717) is 29.0 Å². The molecule has 1 saturated heterocycles. The molecule has 6 rings (SSSR count). The molecule has 1 amide bonds. The summed E-state index contributed by atoms with van der Waals surface area (Å²) in [5.41, 5.74) is 1.17. The van der Waals surface area contributed by atoms with E-state index in [9.17, 15) is 27.2 Å². The molecular weight excluding hydrogens is 528 g/mol. The van der Waals surface area contributed by atoms with Gasteiger partial charge in [-0.15, -0.1) is 0 Å². The van der Waals surface area contributed by atoms with E-state index in [1.54, 1.807) is 11.0 Å². The summed E-state index contributed by atoms with van der Waals surface area (Å²) in [5, 5.41) is 8.06. The van der Waals surface area contributed by atoms with Crippen LogP contribution in [0.1, 0.15) is 51.5 Å². The van der Waals surface area contributed by atoms with Crippen LogP contribution in [0.5, 0.6) is 0 Å². The van der Waals surface area contributed by atoms with Crippen molar-refractivity contribution in [2.24, 2.45) is 0 Å². The molecule has 40 heavy (non-hydrogen) atoms. The zero-order valence-electron chi connectivity index (χ0n) is 21.2. The first-order chi connectivity index (χ1) is 19.2. The average molecular weight is 553 g/mol. The van der Waals surface area contributed by atoms with Crippen LogP contribution in [-0.4, -0.2) is 57.2 Å². The highest BCUT2D eigenvalue weighted by Gasteiger charge is 2.32. The SMILES string of the molecule is O=C(c1cc(Cc2n[nH]c(=O)c3ccc(C4CC4)cc23)ccc1F)N1CCN(c2ncc(C(F)(F)F)cn2)CC1. The van der Waals surface area contributed by atoms with Gasteiger partial charge in [0.25, 0.3) is 11.5 Å². The number of hydrogen-bond donors (Lipinski definition) is 1. The van der Waals surface area contributed by atoms with Crippen LogP contribution in [0.4, 0.5) is 23.5 Å². The van der Waals surface area contributed by atoms with Gasteiger partial charge in [0.05, 0.1) is 22.2 Å². The van der Waals surface area contributed by atoms with E-state index in [0.717, 1.165) is 36.2 Å². The molecular formula is C28H24F4N6O2. The molecule has 3 heterocycles. The van der Waals surface area contributed by atoms with Crippen molar-refractivity contribution in [3.8, 4) is 0 Å². The smallest absolute Gasteiger partial charge is 0.337 e. The monoisotopic (exact) mass is 552 g/mol. The third-order valence-corrected chi connectivity index (χ3v) is 7.39. The number of benzene rings is 2. The van der Waals surface area contributed by atoms with Crippen LogP contribution in [0.3, 0.4) is 0 Å². The molecule has 0 spiro atoms. The fourth-order valence-corrected chi connectivity index (χ4v) is 4.99. The number of anilines is 1. The number of fused-ring (bicyclic) bond motifs is 1. The Morgan fingerprint density at radius 1 is 0.975 bits per heavy atom. The first kappa shape index (κ1) is 25.9. The van der Waals surface area contributed by atoms with E-state index in [4.69, 9.17) is 0 Å². The highest BCUT2D eigenvalue weighted by Crippen LogP contribution is 2.41. The second-order valence-corrected chi connectivity index (χ2v) is 10.1.